The third kappa shape index (κ3) is 3.04. The van der Waals surface area contributed by atoms with Crippen LogP contribution in [0, 0.1) is 10.1 Å². The van der Waals surface area contributed by atoms with Gasteiger partial charge in [-0.2, -0.15) is 0 Å². The van der Waals surface area contributed by atoms with E-state index in [0.29, 0.717) is 4.47 Å². The number of phenols is 1. The predicted molar refractivity (Wildman–Crippen MR) is 72.1 cm³/mol. The zero-order chi connectivity index (χ0) is 14.2. The number of nitrogens with one attached hydrogen (secondary N) is 1. The van der Waals surface area contributed by atoms with Gasteiger partial charge in [-0.25, -0.2) is 8.42 Å². The highest BCUT2D eigenvalue weighted by Crippen LogP contribution is 2.30. The number of rotatable bonds is 3. The monoisotopic (exact) mass is 348 g/mol. The number of halogens is 1. The highest BCUT2D eigenvalue weighted by molar-refractivity contribution is 9.10. The van der Waals surface area contributed by atoms with Crippen LogP contribution >= 0.6 is 15.9 Å². The number of nitro groups is 1. The molecule has 0 atom stereocenters. The summed E-state index contributed by atoms with van der Waals surface area (Å²) >= 11 is 3.19. The van der Waals surface area contributed by atoms with Crippen molar-refractivity contribution in [2.45, 2.75) is 0 Å². The van der Waals surface area contributed by atoms with Crippen LogP contribution in [0.25, 0.3) is 0 Å². The van der Waals surface area contributed by atoms with Crippen LogP contribution in [-0.4, -0.2) is 30.0 Å². The lowest BCUT2D eigenvalue weighted by Crippen LogP contribution is -2.08. The number of phenolic OH excluding ortho intramolecular Hbond substituents is 1. The molecule has 19 heavy (non-hydrogen) atoms. The van der Waals surface area contributed by atoms with Gasteiger partial charge in [0.2, 0.25) is 0 Å². The van der Waals surface area contributed by atoms with E-state index in [4.69, 9.17) is 0 Å². The van der Waals surface area contributed by atoms with Crippen molar-refractivity contribution in [2.75, 3.05) is 16.8 Å². The number of hydrogen-bond donors (Lipinski definition) is 2. The van der Waals surface area contributed by atoms with E-state index in [2.05, 4.69) is 21.2 Å². The standard InChI is InChI=1S/C10H9BrN2O5S/c11-6-1-2-10(14)7(3-6)12-8-4-19(17,18)5-9(8)13(15)16/h1-3,12,14H,4-5H2. The minimum Gasteiger partial charge on any atom is -0.506 e. The molecule has 0 saturated carbocycles. The lowest BCUT2D eigenvalue weighted by Gasteiger charge is -2.08. The molecule has 1 aliphatic rings. The summed E-state index contributed by atoms with van der Waals surface area (Å²) in [6.07, 6.45) is 0. The molecule has 2 rings (SSSR count). The van der Waals surface area contributed by atoms with Gasteiger partial charge < -0.3 is 10.4 Å². The minimum absolute atomic E-state index is 0.0154. The molecule has 0 amide bonds. The second-order valence-electron chi connectivity index (χ2n) is 4.00. The maximum absolute atomic E-state index is 11.4. The normalized spacial score (nSPS) is 17.5. The maximum Gasteiger partial charge on any atom is 0.281 e. The van der Waals surface area contributed by atoms with E-state index in [1.165, 1.54) is 12.1 Å². The Bertz CT molecular complexity index is 683. The van der Waals surface area contributed by atoms with Crippen molar-refractivity contribution in [3.8, 4) is 5.75 Å². The number of anilines is 1. The Labute approximate surface area is 117 Å². The van der Waals surface area contributed by atoms with Crippen molar-refractivity contribution in [1.29, 1.82) is 0 Å². The Morgan fingerprint density at radius 1 is 1.37 bits per heavy atom. The summed E-state index contributed by atoms with van der Waals surface area (Å²) in [6.45, 7) is 0. The highest BCUT2D eigenvalue weighted by Gasteiger charge is 2.36. The van der Waals surface area contributed by atoms with Crippen LogP contribution in [-0.2, 0) is 9.84 Å². The van der Waals surface area contributed by atoms with Gasteiger partial charge in [-0.15, -0.1) is 0 Å². The first-order chi connectivity index (χ1) is 8.78. The van der Waals surface area contributed by atoms with Crippen LogP contribution in [0.15, 0.2) is 34.1 Å². The molecule has 0 radical (unpaired) electrons. The number of sulfone groups is 1. The minimum atomic E-state index is -3.50. The molecule has 1 aromatic carbocycles. The molecular formula is C10H9BrN2O5S. The zero-order valence-electron chi connectivity index (χ0n) is 9.46. The summed E-state index contributed by atoms with van der Waals surface area (Å²) in [5.41, 5.74) is -0.196. The molecule has 0 aromatic heterocycles. The summed E-state index contributed by atoms with van der Waals surface area (Å²) in [6, 6.07) is 4.49. The van der Waals surface area contributed by atoms with E-state index in [0.717, 1.165) is 0 Å². The number of benzene rings is 1. The van der Waals surface area contributed by atoms with Crippen molar-refractivity contribution in [2.24, 2.45) is 0 Å². The quantitative estimate of drug-likeness (QED) is 0.486. The highest BCUT2D eigenvalue weighted by atomic mass is 79.9. The lowest BCUT2D eigenvalue weighted by atomic mass is 10.2. The molecule has 0 bridgehead atoms. The lowest BCUT2D eigenvalue weighted by molar-refractivity contribution is -0.424. The predicted octanol–water partition coefficient (Wildman–Crippen LogP) is 1.48. The van der Waals surface area contributed by atoms with Gasteiger partial charge in [0.05, 0.1) is 16.4 Å². The van der Waals surface area contributed by atoms with Gasteiger partial charge in [0.1, 0.15) is 17.2 Å². The Morgan fingerprint density at radius 3 is 2.68 bits per heavy atom. The van der Waals surface area contributed by atoms with E-state index < -0.39 is 26.3 Å². The largest absolute Gasteiger partial charge is 0.506 e. The topological polar surface area (TPSA) is 110 Å². The van der Waals surface area contributed by atoms with Crippen LogP contribution < -0.4 is 5.32 Å². The number of nitrogens with zero attached hydrogens (tertiary/aromatic N) is 1. The third-order valence-electron chi connectivity index (χ3n) is 2.53. The molecular weight excluding hydrogens is 340 g/mol. The molecule has 1 heterocycles. The van der Waals surface area contributed by atoms with E-state index >= 15 is 0 Å². The summed E-state index contributed by atoms with van der Waals surface area (Å²) in [5.74, 6) is -1.16. The summed E-state index contributed by atoms with van der Waals surface area (Å²) in [7, 11) is -3.50. The van der Waals surface area contributed by atoms with Crippen LogP contribution in [0.1, 0.15) is 0 Å². The summed E-state index contributed by atoms with van der Waals surface area (Å²) in [5, 5.41) is 23.1. The van der Waals surface area contributed by atoms with Crippen molar-refractivity contribution >= 4 is 31.5 Å². The summed E-state index contributed by atoms with van der Waals surface area (Å²) < 4.78 is 23.5. The van der Waals surface area contributed by atoms with E-state index in [-0.39, 0.29) is 22.8 Å². The zero-order valence-corrected chi connectivity index (χ0v) is 11.9. The first-order valence-electron chi connectivity index (χ1n) is 5.11. The van der Waals surface area contributed by atoms with Crippen molar-refractivity contribution in [3.05, 3.63) is 44.2 Å². The van der Waals surface area contributed by atoms with Gasteiger partial charge in [0.25, 0.3) is 5.70 Å². The van der Waals surface area contributed by atoms with E-state index in [1.807, 2.05) is 0 Å². The van der Waals surface area contributed by atoms with Gasteiger partial charge in [0.15, 0.2) is 9.84 Å². The second kappa shape index (κ2) is 4.82. The molecule has 9 heteroatoms. The Kier molecular flexibility index (Phi) is 3.50. The maximum atomic E-state index is 11.4. The van der Waals surface area contributed by atoms with Gasteiger partial charge in [-0.3, -0.25) is 10.1 Å². The molecule has 7 nitrogen and oxygen atoms in total. The second-order valence-corrected chi connectivity index (χ2v) is 6.98. The van der Waals surface area contributed by atoms with Crippen LogP contribution in [0.3, 0.4) is 0 Å². The fourth-order valence-electron chi connectivity index (χ4n) is 1.69. The van der Waals surface area contributed by atoms with Gasteiger partial charge in [-0.1, -0.05) is 15.9 Å². The average Bonchev–Trinajstić information content (AvgIpc) is 2.59. The fourth-order valence-corrected chi connectivity index (χ4v) is 3.53. The first-order valence-corrected chi connectivity index (χ1v) is 7.72. The Balaban J connectivity index is 2.38. The van der Waals surface area contributed by atoms with Gasteiger partial charge in [0, 0.05) is 4.47 Å². The number of hydrogen-bond acceptors (Lipinski definition) is 6. The first kappa shape index (κ1) is 13.8. The Hall–Kier alpha value is -1.61. The fraction of sp³-hybridized carbons (Fsp3) is 0.200. The van der Waals surface area contributed by atoms with E-state index in [1.54, 1.807) is 6.07 Å². The van der Waals surface area contributed by atoms with Gasteiger partial charge in [-0.05, 0) is 18.2 Å². The smallest absolute Gasteiger partial charge is 0.281 e. The molecule has 2 N–H and O–H groups in total. The molecule has 102 valence electrons. The molecule has 1 aliphatic heterocycles. The Morgan fingerprint density at radius 2 is 2.05 bits per heavy atom. The van der Waals surface area contributed by atoms with Gasteiger partial charge >= 0.3 is 0 Å². The van der Waals surface area contributed by atoms with E-state index in [9.17, 15) is 23.6 Å². The molecule has 0 spiro atoms. The molecule has 0 unspecified atom stereocenters. The van der Waals surface area contributed by atoms with Crippen LogP contribution in [0.5, 0.6) is 5.75 Å². The SMILES string of the molecule is O=[N+]([O-])C1=C(Nc2cc(Br)ccc2O)CS(=O)(=O)C1. The third-order valence-corrected chi connectivity index (χ3v) is 4.47. The summed E-state index contributed by atoms with van der Waals surface area (Å²) in [4.78, 5) is 10.1. The van der Waals surface area contributed by atoms with Crippen LogP contribution in [0.2, 0.25) is 0 Å². The number of aromatic hydroxyl groups is 1. The van der Waals surface area contributed by atoms with Crippen molar-refractivity contribution < 1.29 is 18.4 Å². The van der Waals surface area contributed by atoms with Crippen LogP contribution in [0.4, 0.5) is 5.69 Å². The average molecular weight is 349 g/mol. The van der Waals surface area contributed by atoms with Crippen molar-refractivity contribution in [3.63, 3.8) is 0 Å². The molecule has 0 aliphatic carbocycles. The molecule has 0 fully saturated rings. The molecule has 0 saturated heterocycles. The van der Waals surface area contributed by atoms with Crippen molar-refractivity contribution in [1.82, 2.24) is 0 Å². The molecule has 1 aromatic rings.